The highest BCUT2D eigenvalue weighted by Gasteiger charge is 2.08. The Morgan fingerprint density at radius 3 is 2.72 bits per heavy atom. The first kappa shape index (κ1) is 12.7. The van der Waals surface area contributed by atoms with Gasteiger partial charge in [-0.1, -0.05) is 0 Å². The number of aromatic nitrogens is 1. The highest BCUT2D eigenvalue weighted by atomic mass is 32.1. The minimum atomic E-state index is 0.791. The average molecular weight is 264 g/mol. The predicted molar refractivity (Wildman–Crippen MR) is 74.0 cm³/mol. The molecule has 0 radical (unpaired) electrons. The van der Waals surface area contributed by atoms with Crippen LogP contribution in [0.25, 0.3) is 0 Å². The van der Waals surface area contributed by atoms with Gasteiger partial charge in [0.1, 0.15) is 11.5 Å². The Labute approximate surface area is 111 Å². The lowest BCUT2D eigenvalue weighted by atomic mass is 10.1. The van der Waals surface area contributed by atoms with Gasteiger partial charge in [0.25, 0.3) is 0 Å². The Bertz CT molecular complexity index is 525. The molecule has 1 aromatic carbocycles. The average Bonchev–Trinajstić information content (AvgIpc) is 2.86. The molecule has 4 nitrogen and oxygen atoms in total. The molecule has 1 aromatic heterocycles. The van der Waals surface area contributed by atoms with Crippen molar-refractivity contribution in [2.24, 2.45) is 0 Å². The molecular formula is C13H16N2O2S. The van der Waals surface area contributed by atoms with Crippen LogP contribution in [0.1, 0.15) is 10.4 Å². The number of ether oxygens (including phenoxy) is 2. The van der Waals surface area contributed by atoms with Gasteiger partial charge in [0, 0.05) is 30.1 Å². The molecular weight excluding hydrogens is 248 g/mol. The molecule has 0 saturated carbocycles. The van der Waals surface area contributed by atoms with Gasteiger partial charge < -0.3 is 14.8 Å². The normalized spacial score (nSPS) is 10.2. The molecule has 0 aliphatic rings. The summed E-state index contributed by atoms with van der Waals surface area (Å²) in [6.07, 6.45) is 2.68. The smallest absolute Gasteiger partial charge is 0.182 e. The van der Waals surface area contributed by atoms with E-state index in [1.165, 1.54) is 4.88 Å². The van der Waals surface area contributed by atoms with Gasteiger partial charge in [-0.05, 0) is 18.2 Å². The van der Waals surface area contributed by atoms with Crippen LogP contribution in [0.4, 0.5) is 5.13 Å². The Hall–Kier alpha value is -1.75. The molecule has 0 atom stereocenters. The van der Waals surface area contributed by atoms with E-state index in [9.17, 15) is 0 Å². The molecule has 0 bridgehead atoms. The third kappa shape index (κ3) is 2.73. The van der Waals surface area contributed by atoms with E-state index in [4.69, 9.17) is 9.47 Å². The minimum Gasteiger partial charge on any atom is -0.497 e. The van der Waals surface area contributed by atoms with E-state index < -0.39 is 0 Å². The number of hydrogen-bond acceptors (Lipinski definition) is 5. The third-order valence-corrected chi connectivity index (χ3v) is 3.63. The van der Waals surface area contributed by atoms with Gasteiger partial charge in [0.15, 0.2) is 5.13 Å². The molecule has 2 rings (SSSR count). The Morgan fingerprint density at radius 1 is 1.28 bits per heavy atom. The zero-order valence-electron chi connectivity index (χ0n) is 10.7. The van der Waals surface area contributed by atoms with E-state index in [-0.39, 0.29) is 0 Å². The van der Waals surface area contributed by atoms with Crippen LogP contribution in [0.2, 0.25) is 0 Å². The standard InChI is InChI=1S/C13H16N2O2S/c1-14-13-15-8-11(18-13)7-9-6-10(16-2)4-5-12(9)17-3/h4-6,8H,7H2,1-3H3,(H,14,15). The zero-order valence-corrected chi connectivity index (χ0v) is 11.5. The maximum Gasteiger partial charge on any atom is 0.182 e. The van der Waals surface area contributed by atoms with Crippen LogP contribution in [-0.2, 0) is 6.42 Å². The Kier molecular flexibility index (Phi) is 4.04. The van der Waals surface area contributed by atoms with Crippen LogP contribution in [0.5, 0.6) is 11.5 Å². The van der Waals surface area contributed by atoms with Gasteiger partial charge in [0.2, 0.25) is 0 Å². The Morgan fingerprint density at radius 2 is 2.11 bits per heavy atom. The van der Waals surface area contributed by atoms with E-state index >= 15 is 0 Å². The molecule has 0 saturated heterocycles. The summed E-state index contributed by atoms with van der Waals surface area (Å²) in [5, 5.41) is 3.96. The molecule has 1 heterocycles. The van der Waals surface area contributed by atoms with Crippen molar-refractivity contribution in [3.05, 3.63) is 34.8 Å². The maximum atomic E-state index is 5.36. The lowest BCUT2D eigenvalue weighted by Gasteiger charge is -2.09. The summed E-state index contributed by atoms with van der Waals surface area (Å²) in [5.74, 6) is 1.71. The fourth-order valence-corrected chi connectivity index (χ4v) is 2.50. The van der Waals surface area contributed by atoms with Crippen LogP contribution < -0.4 is 14.8 Å². The van der Waals surface area contributed by atoms with Crippen molar-refractivity contribution in [2.45, 2.75) is 6.42 Å². The third-order valence-electron chi connectivity index (χ3n) is 2.62. The van der Waals surface area contributed by atoms with Gasteiger partial charge in [-0.15, -0.1) is 11.3 Å². The molecule has 5 heteroatoms. The van der Waals surface area contributed by atoms with Crippen LogP contribution >= 0.6 is 11.3 Å². The maximum absolute atomic E-state index is 5.36. The van der Waals surface area contributed by atoms with Crippen LogP contribution in [0.15, 0.2) is 24.4 Å². The number of nitrogens with one attached hydrogen (secondary N) is 1. The summed E-state index contributed by atoms with van der Waals surface area (Å²) in [7, 11) is 5.21. The lowest BCUT2D eigenvalue weighted by Crippen LogP contribution is -1.94. The monoisotopic (exact) mass is 264 g/mol. The molecule has 0 aliphatic heterocycles. The van der Waals surface area contributed by atoms with Gasteiger partial charge >= 0.3 is 0 Å². The van der Waals surface area contributed by atoms with Crippen molar-refractivity contribution in [2.75, 3.05) is 26.6 Å². The second kappa shape index (κ2) is 5.73. The van der Waals surface area contributed by atoms with Crippen molar-refractivity contribution in [1.29, 1.82) is 0 Å². The largest absolute Gasteiger partial charge is 0.497 e. The number of methoxy groups -OCH3 is 2. The molecule has 0 aliphatic carbocycles. The molecule has 0 unspecified atom stereocenters. The van der Waals surface area contributed by atoms with Crippen LogP contribution in [0, 0.1) is 0 Å². The van der Waals surface area contributed by atoms with Gasteiger partial charge in [-0.25, -0.2) is 4.98 Å². The van der Waals surface area contributed by atoms with Gasteiger partial charge in [-0.3, -0.25) is 0 Å². The zero-order chi connectivity index (χ0) is 13.0. The first-order valence-electron chi connectivity index (χ1n) is 5.60. The number of hydrogen-bond donors (Lipinski definition) is 1. The molecule has 1 N–H and O–H groups in total. The second-order valence-electron chi connectivity index (χ2n) is 3.74. The number of nitrogens with zero attached hydrogens (tertiary/aromatic N) is 1. The van der Waals surface area contributed by atoms with Gasteiger partial charge in [0.05, 0.1) is 14.2 Å². The summed E-state index contributed by atoms with van der Waals surface area (Å²) in [6.45, 7) is 0. The van der Waals surface area contributed by atoms with Crippen molar-refractivity contribution < 1.29 is 9.47 Å². The molecule has 96 valence electrons. The van der Waals surface area contributed by atoms with E-state index in [1.807, 2.05) is 31.4 Å². The van der Waals surface area contributed by atoms with E-state index in [0.717, 1.165) is 28.6 Å². The fourth-order valence-electron chi connectivity index (χ4n) is 1.71. The van der Waals surface area contributed by atoms with Crippen LogP contribution in [0.3, 0.4) is 0 Å². The molecule has 0 fully saturated rings. The Balaban J connectivity index is 2.25. The van der Waals surface area contributed by atoms with Crippen molar-refractivity contribution in [3.63, 3.8) is 0 Å². The summed E-state index contributed by atoms with van der Waals surface area (Å²) in [5.41, 5.74) is 1.10. The van der Waals surface area contributed by atoms with Crippen LogP contribution in [-0.4, -0.2) is 26.3 Å². The minimum absolute atomic E-state index is 0.791. The topological polar surface area (TPSA) is 43.4 Å². The molecule has 2 aromatic rings. The highest BCUT2D eigenvalue weighted by molar-refractivity contribution is 7.15. The second-order valence-corrected chi connectivity index (χ2v) is 4.85. The molecule has 18 heavy (non-hydrogen) atoms. The van der Waals surface area contributed by atoms with Gasteiger partial charge in [-0.2, -0.15) is 0 Å². The summed E-state index contributed by atoms with van der Waals surface area (Å²) in [6, 6.07) is 5.82. The van der Waals surface area contributed by atoms with Crippen molar-refractivity contribution in [1.82, 2.24) is 4.98 Å². The molecule has 0 spiro atoms. The van der Waals surface area contributed by atoms with Crippen molar-refractivity contribution >= 4 is 16.5 Å². The number of thiazole rings is 1. The molecule has 0 amide bonds. The van der Waals surface area contributed by atoms with E-state index in [0.29, 0.717) is 0 Å². The van der Waals surface area contributed by atoms with E-state index in [1.54, 1.807) is 25.6 Å². The summed E-state index contributed by atoms with van der Waals surface area (Å²) < 4.78 is 10.6. The SMILES string of the molecule is CNc1ncc(Cc2cc(OC)ccc2OC)s1. The first-order chi connectivity index (χ1) is 8.76. The lowest BCUT2D eigenvalue weighted by molar-refractivity contribution is 0.399. The number of anilines is 1. The quantitative estimate of drug-likeness (QED) is 0.902. The summed E-state index contributed by atoms with van der Waals surface area (Å²) >= 11 is 1.64. The number of benzene rings is 1. The predicted octanol–water partition coefficient (Wildman–Crippen LogP) is 2.79. The van der Waals surface area contributed by atoms with E-state index in [2.05, 4.69) is 10.3 Å². The highest BCUT2D eigenvalue weighted by Crippen LogP contribution is 2.28. The first-order valence-corrected chi connectivity index (χ1v) is 6.42. The summed E-state index contributed by atoms with van der Waals surface area (Å²) in [4.78, 5) is 5.45. The number of rotatable bonds is 5. The fraction of sp³-hybridized carbons (Fsp3) is 0.308. The van der Waals surface area contributed by atoms with Crippen molar-refractivity contribution in [3.8, 4) is 11.5 Å².